The molecular weight excluding hydrogens is 467 g/mol. The van der Waals surface area contributed by atoms with E-state index in [2.05, 4.69) is 27.5 Å². The van der Waals surface area contributed by atoms with Gasteiger partial charge in [0.1, 0.15) is 17.4 Å². The number of rotatable bonds is 7. The first kappa shape index (κ1) is 20.6. The molecule has 0 bridgehead atoms. The monoisotopic (exact) mass is 490 g/mol. The summed E-state index contributed by atoms with van der Waals surface area (Å²) in [6.07, 6.45) is 2.94. The molecule has 0 unspecified atom stereocenters. The smallest absolute Gasteiger partial charge is 0.231 e. The van der Waals surface area contributed by atoms with Crippen LogP contribution in [-0.4, -0.2) is 37.9 Å². The molecule has 142 valence electrons. The fourth-order valence-electron chi connectivity index (χ4n) is 2.28. The van der Waals surface area contributed by atoms with Crippen LogP contribution in [0.15, 0.2) is 29.4 Å². The molecule has 26 heavy (non-hydrogen) atoms. The van der Waals surface area contributed by atoms with Crippen LogP contribution in [0.5, 0.6) is 17.2 Å². The van der Waals surface area contributed by atoms with Crippen molar-refractivity contribution in [3.63, 3.8) is 0 Å². The van der Waals surface area contributed by atoms with Crippen LogP contribution in [-0.2, 0) is 13.0 Å². The number of aromatic nitrogens is 1. The minimum atomic E-state index is 0. The summed E-state index contributed by atoms with van der Waals surface area (Å²) in [6.45, 7) is 4.20. The Morgan fingerprint density at radius 2 is 2.15 bits per heavy atom. The number of aliphatic imine (C=N–C) groups is 1. The van der Waals surface area contributed by atoms with Gasteiger partial charge in [0.25, 0.3) is 0 Å². The fourth-order valence-corrected chi connectivity index (χ4v) is 3.08. The molecule has 0 fully saturated rings. The van der Waals surface area contributed by atoms with Crippen LogP contribution in [0.3, 0.4) is 0 Å². The molecule has 0 atom stereocenters. The lowest BCUT2D eigenvalue weighted by molar-refractivity contribution is 0.173. The van der Waals surface area contributed by atoms with Crippen molar-refractivity contribution in [3.8, 4) is 17.2 Å². The van der Waals surface area contributed by atoms with E-state index in [1.165, 1.54) is 4.88 Å². The number of nitrogens with one attached hydrogen (secondary N) is 2. The van der Waals surface area contributed by atoms with E-state index in [0.717, 1.165) is 34.6 Å². The van der Waals surface area contributed by atoms with E-state index in [1.807, 2.05) is 24.4 Å². The van der Waals surface area contributed by atoms with Gasteiger partial charge in [-0.05, 0) is 18.6 Å². The fraction of sp³-hybridized carbons (Fsp3) is 0.412. The lowest BCUT2D eigenvalue weighted by Gasteiger charge is -2.12. The molecular formula is C17H23IN4O3S. The summed E-state index contributed by atoms with van der Waals surface area (Å²) in [5.74, 6) is 2.95. The summed E-state index contributed by atoms with van der Waals surface area (Å²) in [5.41, 5.74) is 0. The first-order valence-electron chi connectivity index (χ1n) is 8.19. The third-order valence-electron chi connectivity index (χ3n) is 3.59. The zero-order valence-corrected chi connectivity index (χ0v) is 17.9. The zero-order valence-electron chi connectivity index (χ0n) is 14.8. The Hall–Kier alpha value is -1.75. The van der Waals surface area contributed by atoms with Crippen LogP contribution in [0, 0.1) is 0 Å². The van der Waals surface area contributed by atoms with Gasteiger partial charge in [-0.25, -0.2) is 4.98 Å². The third-order valence-corrected chi connectivity index (χ3v) is 4.73. The van der Waals surface area contributed by atoms with Crippen LogP contribution in [0.4, 0.5) is 0 Å². The Morgan fingerprint density at radius 3 is 2.92 bits per heavy atom. The molecule has 0 saturated carbocycles. The molecule has 1 aliphatic rings. The van der Waals surface area contributed by atoms with Gasteiger partial charge < -0.3 is 24.8 Å². The number of halogens is 1. The highest BCUT2D eigenvalue weighted by Gasteiger charge is 2.13. The number of nitrogens with zero attached hydrogens (tertiary/aromatic N) is 2. The van der Waals surface area contributed by atoms with Crippen molar-refractivity contribution in [3.05, 3.63) is 34.3 Å². The first-order valence-corrected chi connectivity index (χ1v) is 9.00. The Bertz CT molecular complexity index is 739. The van der Waals surface area contributed by atoms with E-state index in [0.29, 0.717) is 19.7 Å². The average Bonchev–Trinajstić information content (AvgIpc) is 3.29. The molecule has 7 nitrogen and oxygen atoms in total. The predicted octanol–water partition coefficient (Wildman–Crippen LogP) is 2.80. The molecule has 0 saturated heterocycles. The molecule has 0 radical (unpaired) electrons. The predicted molar refractivity (Wildman–Crippen MR) is 113 cm³/mol. The summed E-state index contributed by atoms with van der Waals surface area (Å²) < 4.78 is 16.3. The standard InChI is InChI=1S/C17H22N4O3S.HI/c1-3-13-9-20-16(25-13)10-21-17(18-2)19-6-7-22-12-4-5-14-15(8-12)24-11-23-14;/h4-5,8-9H,3,6-7,10-11H2,1-2H3,(H2,18,19,21);1H. The van der Waals surface area contributed by atoms with E-state index in [9.17, 15) is 0 Å². The minimum Gasteiger partial charge on any atom is -0.492 e. The molecule has 2 aromatic rings. The minimum absolute atomic E-state index is 0. The highest BCUT2D eigenvalue weighted by Crippen LogP contribution is 2.34. The topological polar surface area (TPSA) is 77.0 Å². The number of ether oxygens (including phenoxy) is 3. The van der Waals surface area contributed by atoms with E-state index in [4.69, 9.17) is 14.2 Å². The maximum absolute atomic E-state index is 5.72. The van der Waals surface area contributed by atoms with Gasteiger partial charge in [-0.1, -0.05) is 6.92 Å². The van der Waals surface area contributed by atoms with Crippen molar-refractivity contribution in [2.45, 2.75) is 19.9 Å². The van der Waals surface area contributed by atoms with Gasteiger partial charge in [0.2, 0.25) is 6.79 Å². The van der Waals surface area contributed by atoms with Crippen LogP contribution in [0.2, 0.25) is 0 Å². The third kappa shape index (κ3) is 5.63. The number of benzene rings is 1. The number of guanidine groups is 1. The SMILES string of the molecule is CCc1cnc(CNC(=NC)NCCOc2ccc3c(c2)OCO3)s1.I. The second-order valence-corrected chi connectivity index (χ2v) is 6.49. The number of aryl methyl sites for hydroxylation is 1. The Kier molecular flexibility index (Phi) is 8.23. The maximum Gasteiger partial charge on any atom is 0.231 e. The summed E-state index contributed by atoms with van der Waals surface area (Å²) in [7, 11) is 1.74. The molecule has 0 amide bonds. The van der Waals surface area contributed by atoms with E-state index >= 15 is 0 Å². The van der Waals surface area contributed by atoms with Crippen molar-refractivity contribution in [2.24, 2.45) is 4.99 Å². The Morgan fingerprint density at radius 1 is 1.31 bits per heavy atom. The van der Waals surface area contributed by atoms with Crippen LogP contribution < -0.4 is 24.8 Å². The van der Waals surface area contributed by atoms with E-state index in [1.54, 1.807) is 18.4 Å². The number of thiazole rings is 1. The van der Waals surface area contributed by atoms with Crippen LogP contribution in [0.1, 0.15) is 16.8 Å². The molecule has 3 rings (SSSR count). The summed E-state index contributed by atoms with van der Waals surface area (Å²) >= 11 is 1.72. The average molecular weight is 490 g/mol. The molecule has 1 aromatic carbocycles. The van der Waals surface area contributed by atoms with E-state index < -0.39 is 0 Å². The molecule has 0 spiro atoms. The highest BCUT2D eigenvalue weighted by atomic mass is 127. The highest BCUT2D eigenvalue weighted by molar-refractivity contribution is 14.0. The summed E-state index contributed by atoms with van der Waals surface area (Å²) in [5, 5.41) is 7.52. The molecule has 9 heteroatoms. The van der Waals surface area contributed by atoms with Crippen molar-refractivity contribution >= 4 is 41.3 Å². The van der Waals surface area contributed by atoms with Crippen molar-refractivity contribution in [1.29, 1.82) is 0 Å². The van der Waals surface area contributed by atoms with Crippen LogP contribution >= 0.6 is 35.3 Å². The van der Waals surface area contributed by atoms with Gasteiger partial charge in [0, 0.05) is 24.2 Å². The number of fused-ring (bicyclic) bond motifs is 1. The normalized spacial score (nSPS) is 12.5. The number of hydrogen-bond donors (Lipinski definition) is 2. The zero-order chi connectivity index (χ0) is 17.5. The molecule has 1 aromatic heterocycles. The molecule has 2 N–H and O–H groups in total. The summed E-state index contributed by atoms with van der Waals surface area (Å²) in [6, 6.07) is 5.56. The van der Waals surface area contributed by atoms with Crippen LogP contribution in [0.25, 0.3) is 0 Å². The van der Waals surface area contributed by atoms with Gasteiger partial charge in [-0.2, -0.15) is 0 Å². The van der Waals surface area contributed by atoms with Crippen molar-refractivity contribution < 1.29 is 14.2 Å². The molecule has 1 aliphatic heterocycles. The molecule has 2 heterocycles. The van der Waals surface area contributed by atoms with Gasteiger partial charge in [0.15, 0.2) is 17.5 Å². The Labute approximate surface area is 174 Å². The van der Waals surface area contributed by atoms with Crippen molar-refractivity contribution in [2.75, 3.05) is 27.0 Å². The second kappa shape index (κ2) is 10.4. The van der Waals surface area contributed by atoms with Gasteiger partial charge in [-0.15, -0.1) is 35.3 Å². The quantitative estimate of drug-likeness (QED) is 0.269. The lowest BCUT2D eigenvalue weighted by Crippen LogP contribution is -2.38. The first-order chi connectivity index (χ1) is 12.3. The Balaban J connectivity index is 0.00000243. The van der Waals surface area contributed by atoms with Gasteiger partial charge >= 0.3 is 0 Å². The second-order valence-electron chi connectivity index (χ2n) is 5.29. The lowest BCUT2D eigenvalue weighted by atomic mass is 10.3. The summed E-state index contributed by atoms with van der Waals surface area (Å²) in [4.78, 5) is 9.87. The largest absolute Gasteiger partial charge is 0.492 e. The van der Waals surface area contributed by atoms with Crippen molar-refractivity contribution in [1.82, 2.24) is 15.6 Å². The maximum atomic E-state index is 5.72. The van der Waals surface area contributed by atoms with E-state index in [-0.39, 0.29) is 30.8 Å². The van der Waals surface area contributed by atoms with Gasteiger partial charge in [-0.3, -0.25) is 4.99 Å². The molecule has 0 aliphatic carbocycles. The number of hydrogen-bond acceptors (Lipinski definition) is 6. The van der Waals surface area contributed by atoms with Gasteiger partial charge in [0.05, 0.1) is 13.1 Å².